The van der Waals surface area contributed by atoms with E-state index in [1.54, 1.807) is 38.0 Å². The second-order valence-corrected chi connectivity index (χ2v) is 4.48. The molecule has 0 radical (unpaired) electrons. The van der Waals surface area contributed by atoms with E-state index >= 15 is 0 Å². The van der Waals surface area contributed by atoms with Gasteiger partial charge in [0.15, 0.2) is 0 Å². The molecular weight excluding hydrogens is 286 g/mol. The molecule has 0 saturated heterocycles. The Kier molecular flexibility index (Phi) is 7.81. The van der Waals surface area contributed by atoms with Crippen LogP contribution >= 0.6 is 0 Å². The maximum atomic E-state index is 11.7. The van der Waals surface area contributed by atoms with Crippen LogP contribution in [0.15, 0.2) is 24.3 Å². The molecule has 1 rings (SSSR count). The van der Waals surface area contributed by atoms with E-state index in [1.165, 1.54) is 0 Å². The summed E-state index contributed by atoms with van der Waals surface area (Å²) in [6, 6.07) is 7.28. The Balaban J connectivity index is 2.75. The zero-order chi connectivity index (χ0) is 16.4. The lowest BCUT2D eigenvalue weighted by Crippen LogP contribution is -2.33. The predicted molar refractivity (Wildman–Crippen MR) is 83.1 cm³/mol. The molecule has 0 aliphatic rings. The van der Waals surface area contributed by atoms with Gasteiger partial charge in [0.05, 0.1) is 26.7 Å². The summed E-state index contributed by atoms with van der Waals surface area (Å²) in [5, 5.41) is 0. The quantitative estimate of drug-likeness (QED) is 0.650. The normalized spacial score (nSPS) is 9.95. The van der Waals surface area contributed by atoms with Crippen molar-refractivity contribution in [3.63, 3.8) is 0 Å². The number of rotatable bonds is 9. The first-order valence-electron chi connectivity index (χ1n) is 7.30. The molecule has 0 aliphatic heterocycles. The Hall–Kier alpha value is -2.24. The van der Waals surface area contributed by atoms with E-state index in [0.717, 1.165) is 11.4 Å². The lowest BCUT2D eigenvalue weighted by Gasteiger charge is -2.23. The summed E-state index contributed by atoms with van der Waals surface area (Å²) in [5.41, 5.74) is 0.818. The van der Waals surface area contributed by atoms with Crippen molar-refractivity contribution in [2.24, 2.45) is 0 Å². The monoisotopic (exact) mass is 309 g/mol. The number of hydrogen-bond donors (Lipinski definition) is 0. The highest BCUT2D eigenvalue weighted by molar-refractivity contribution is 5.76. The highest BCUT2D eigenvalue weighted by Crippen LogP contribution is 2.19. The smallest absolute Gasteiger partial charge is 0.325 e. The van der Waals surface area contributed by atoms with Crippen LogP contribution in [-0.4, -0.2) is 45.4 Å². The van der Waals surface area contributed by atoms with Gasteiger partial charge in [0.2, 0.25) is 0 Å². The molecule has 0 aliphatic carbocycles. The topological polar surface area (TPSA) is 65.1 Å². The average molecular weight is 309 g/mol. The molecule has 0 saturated carbocycles. The summed E-state index contributed by atoms with van der Waals surface area (Å²) < 4.78 is 15.0. The second-order valence-electron chi connectivity index (χ2n) is 4.48. The van der Waals surface area contributed by atoms with Gasteiger partial charge in [-0.1, -0.05) is 0 Å². The fraction of sp³-hybridized carbons (Fsp3) is 0.500. The number of benzene rings is 1. The number of esters is 2. The zero-order valence-electron chi connectivity index (χ0n) is 13.3. The maximum absolute atomic E-state index is 11.7. The van der Waals surface area contributed by atoms with E-state index < -0.39 is 0 Å². The van der Waals surface area contributed by atoms with Crippen LogP contribution in [0.5, 0.6) is 5.75 Å². The Labute approximate surface area is 131 Å². The Bertz CT molecular complexity index is 472. The minimum Gasteiger partial charge on any atom is -0.497 e. The number of nitrogens with zero attached hydrogens (tertiary/aromatic N) is 1. The highest BCUT2D eigenvalue weighted by Gasteiger charge is 2.14. The molecule has 0 aromatic heterocycles. The number of ether oxygens (including phenoxy) is 3. The Morgan fingerprint density at radius 3 is 2.14 bits per heavy atom. The van der Waals surface area contributed by atoms with Crippen molar-refractivity contribution in [3.8, 4) is 5.75 Å². The van der Waals surface area contributed by atoms with Crippen molar-refractivity contribution in [2.45, 2.75) is 20.3 Å². The largest absolute Gasteiger partial charge is 0.497 e. The molecule has 0 spiro atoms. The van der Waals surface area contributed by atoms with Crippen LogP contribution in [-0.2, 0) is 19.1 Å². The minimum absolute atomic E-state index is 0.0829. The molecule has 0 atom stereocenters. The minimum atomic E-state index is -0.331. The van der Waals surface area contributed by atoms with Crippen molar-refractivity contribution < 1.29 is 23.8 Å². The van der Waals surface area contributed by atoms with Gasteiger partial charge in [-0.15, -0.1) is 0 Å². The average Bonchev–Trinajstić information content (AvgIpc) is 2.52. The molecule has 0 N–H and O–H groups in total. The van der Waals surface area contributed by atoms with Gasteiger partial charge in [-0.3, -0.25) is 9.59 Å². The third-order valence-corrected chi connectivity index (χ3v) is 2.95. The summed E-state index contributed by atoms with van der Waals surface area (Å²) in [6.07, 6.45) is 0.208. The van der Waals surface area contributed by atoms with Gasteiger partial charge in [0, 0.05) is 12.2 Å². The molecule has 0 fully saturated rings. The number of anilines is 1. The highest BCUT2D eigenvalue weighted by atomic mass is 16.5. The summed E-state index contributed by atoms with van der Waals surface area (Å²) in [5.74, 6) is 0.109. The third-order valence-electron chi connectivity index (χ3n) is 2.95. The molecule has 0 bridgehead atoms. The van der Waals surface area contributed by atoms with Gasteiger partial charge >= 0.3 is 11.9 Å². The first-order chi connectivity index (χ1) is 10.6. The van der Waals surface area contributed by atoms with E-state index in [2.05, 4.69) is 0 Å². The van der Waals surface area contributed by atoms with Crippen molar-refractivity contribution >= 4 is 17.6 Å². The van der Waals surface area contributed by atoms with E-state index in [4.69, 9.17) is 14.2 Å². The van der Waals surface area contributed by atoms with Crippen molar-refractivity contribution in [1.29, 1.82) is 0 Å². The lowest BCUT2D eigenvalue weighted by atomic mass is 10.2. The molecule has 0 amide bonds. The number of carbonyl (C=O) groups excluding carboxylic acids is 2. The van der Waals surface area contributed by atoms with E-state index in [1.807, 2.05) is 12.1 Å². The lowest BCUT2D eigenvalue weighted by molar-refractivity contribution is -0.144. The van der Waals surface area contributed by atoms with Crippen LogP contribution in [0.25, 0.3) is 0 Å². The summed E-state index contributed by atoms with van der Waals surface area (Å²) in [7, 11) is 1.59. The third kappa shape index (κ3) is 6.03. The van der Waals surface area contributed by atoms with Crippen LogP contribution in [0.4, 0.5) is 5.69 Å². The first-order valence-corrected chi connectivity index (χ1v) is 7.30. The van der Waals surface area contributed by atoms with Crippen molar-refractivity contribution in [2.75, 3.05) is 38.3 Å². The molecule has 122 valence electrons. The van der Waals surface area contributed by atoms with E-state index in [0.29, 0.717) is 19.8 Å². The molecule has 0 heterocycles. The Morgan fingerprint density at radius 1 is 1.00 bits per heavy atom. The molecule has 6 heteroatoms. The fourth-order valence-corrected chi connectivity index (χ4v) is 1.91. The fourth-order valence-electron chi connectivity index (χ4n) is 1.91. The maximum Gasteiger partial charge on any atom is 0.325 e. The SMILES string of the molecule is CCOC(=O)CCN(CC(=O)OCC)c1ccc(OC)cc1. The summed E-state index contributed by atoms with van der Waals surface area (Å²) in [6.45, 7) is 4.65. The van der Waals surface area contributed by atoms with Crippen molar-refractivity contribution in [3.05, 3.63) is 24.3 Å². The van der Waals surface area contributed by atoms with Crippen LogP contribution in [0.1, 0.15) is 20.3 Å². The molecule has 1 aromatic rings. The van der Waals surface area contributed by atoms with Crippen molar-refractivity contribution in [1.82, 2.24) is 0 Å². The zero-order valence-corrected chi connectivity index (χ0v) is 13.3. The molecule has 6 nitrogen and oxygen atoms in total. The number of hydrogen-bond acceptors (Lipinski definition) is 6. The molecule has 22 heavy (non-hydrogen) atoms. The van der Waals surface area contributed by atoms with Gasteiger partial charge in [-0.25, -0.2) is 0 Å². The van der Waals surface area contributed by atoms with E-state index in [-0.39, 0.29) is 24.9 Å². The van der Waals surface area contributed by atoms with Crippen LogP contribution in [0.2, 0.25) is 0 Å². The van der Waals surface area contributed by atoms with Gasteiger partial charge in [0.25, 0.3) is 0 Å². The number of methoxy groups -OCH3 is 1. The van der Waals surface area contributed by atoms with E-state index in [9.17, 15) is 9.59 Å². The molecule has 0 unspecified atom stereocenters. The van der Waals surface area contributed by atoms with Crippen LogP contribution in [0.3, 0.4) is 0 Å². The predicted octanol–water partition coefficient (Wildman–Crippen LogP) is 2.02. The van der Waals surface area contributed by atoms with Crippen LogP contribution < -0.4 is 9.64 Å². The molecular formula is C16H23NO5. The van der Waals surface area contributed by atoms with Gasteiger partial charge in [-0.2, -0.15) is 0 Å². The summed E-state index contributed by atoms with van der Waals surface area (Å²) in [4.78, 5) is 25.0. The van der Waals surface area contributed by atoms with Gasteiger partial charge in [0.1, 0.15) is 12.3 Å². The second kappa shape index (κ2) is 9.65. The first kappa shape index (κ1) is 17.8. The standard InChI is InChI=1S/C16H23NO5/c1-4-21-15(18)10-11-17(12-16(19)22-5-2)13-6-8-14(20-3)9-7-13/h6-9H,4-5,10-12H2,1-3H3. The Morgan fingerprint density at radius 2 is 1.59 bits per heavy atom. The molecule has 1 aromatic carbocycles. The van der Waals surface area contributed by atoms with Gasteiger partial charge in [-0.05, 0) is 38.1 Å². The van der Waals surface area contributed by atoms with Crippen LogP contribution in [0, 0.1) is 0 Å². The summed E-state index contributed by atoms with van der Waals surface area (Å²) >= 11 is 0. The van der Waals surface area contributed by atoms with Gasteiger partial charge < -0.3 is 19.1 Å². The number of carbonyl (C=O) groups is 2.